The van der Waals surface area contributed by atoms with Crippen LogP contribution in [0.5, 0.6) is 0 Å². The first-order valence-electron chi connectivity index (χ1n) is 6.64. The average Bonchev–Trinajstić information content (AvgIpc) is 2.96. The number of sulfonamides is 1. The van der Waals surface area contributed by atoms with Gasteiger partial charge in [-0.05, 0) is 48.5 Å². The molecule has 23 heavy (non-hydrogen) atoms. The molecule has 1 aromatic heterocycles. The molecule has 8 heteroatoms. The fourth-order valence-corrected chi connectivity index (χ4v) is 3.05. The highest BCUT2D eigenvalue weighted by molar-refractivity contribution is 7.92. The quantitative estimate of drug-likeness (QED) is 0.718. The number of nitrogens with two attached hydrogens (primary N) is 1. The molecule has 0 bridgehead atoms. The maximum absolute atomic E-state index is 13.0. The Hall–Kier alpha value is -2.87. The molecule has 1 heterocycles. The van der Waals surface area contributed by atoms with Crippen LogP contribution in [0.25, 0.3) is 5.69 Å². The van der Waals surface area contributed by atoms with Crippen LogP contribution in [0, 0.1) is 5.82 Å². The van der Waals surface area contributed by atoms with Crippen LogP contribution in [-0.2, 0) is 10.0 Å². The predicted octanol–water partition coefficient (Wildman–Crippen LogP) is 2.39. The van der Waals surface area contributed by atoms with E-state index in [1.54, 1.807) is 0 Å². The van der Waals surface area contributed by atoms with Gasteiger partial charge in [-0.1, -0.05) is 0 Å². The molecule has 0 saturated carbocycles. The van der Waals surface area contributed by atoms with E-state index in [2.05, 4.69) is 9.82 Å². The van der Waals surface area contributed by atoms with Gasteiger partial charge in [0.05, 0.1) is 16.8 Å². The number of halogens is 1. The van der Waals surface area contributed by atoms with Crippen molar-refractivity contribution in [3.63, 3.8) is 0 Å². The second-order valence-corrected chi connectivity index (χ2v) is 6.46. The zero-order valence-electron chi connectivity index (χ0n) is 11.8. The van der Waals surface area contributed by atoms with Gasteiger partial charge in [0, 0.05) is 11.8 Å². The lowest BCUT2D eigenvalue weighted by molar-refractivity contribution is 0.600. The Morgan fingerprint density at radius 2 is 1.65 bits per heavy atom. The summed E-state index contributed by atoms with van der Waals surface area (Å²) in [5, 5.41) is 4.06. The Morgan fingerprint density at radius 1 is 1.00 bits per heavy atom. The van der Waals surface area contributed by atoms with E-state index in [9.17, 15) is 12.8 Å². The highest BCUT2D eigenvalue weighted by atomic mass is 32.2. The van der Waals surface area contributed by atoms with Gasteiger partial charge >= 0.3 is 0 Å². The van der Waals surface area contributed by atoms with Crippen molar-refractivity contribution in [2.45, 2.75) is 4.90 Å². The minimum absolute atomic E-state index is 0.0820. The molecule has 0 unspecified atom stereocenters. The molecule has 2 aromatic carbocycles. The van der Waals surface area contributed by atoms with Gasteiger partial charge < -0.3 is 5.73 Å². The van der Waals surface area contributed by atoms with Gasteiger partial charge in [0.2, 0.25) is 0 Å². The number of benzene rings is 2. The molecular formula is C15H13FN4O2S. The smallest absolute Gasteiger partial charge is 0.263 e. The number of anilines is 2. The van der Waals surface area contributed by atoms with E-state index in [0.29, 0.717) is 11.4 Å². The second kappa shape index (κ2) is 5.73. The summed E-state index contributed by atoms with van der Waals surface area (Å²) >= 11 is 0. The van der Waals surface area contributed by atoms with E-state index >= 15 is 0 Å². The lowest BCUT2D eigenvalue weighted by Crippen LogP contribution is -2.16. The molecule has 118 valence electrons. The molecule has 3 N–H and O–H groups in total. The number of hydrogen-bond acceptors (Lipinski definition) is 4. The minimum Gasteiger partial charge on any atom is -0.399 e. The molecule has 0 radical (unpaired) electrons. The maximum atomic E-state index is 13.0. The summed E-state index contributed by atoms with van der Waals surface area (Å²) in [5.41, 5.74) is 6.56. The molecule has 0 atom stereocenters. The Balaban J connectivity index is 1.93. The van der Waals surface area contributed by atoms with Crippen LogP contribution in [0.1, 0.15) is 0 Å². The van der Waals surface area contributed by atoms with Crippen LogP contribution in [-0.4, -0.2) is 18.2 Å². The van der Waals surface area contributed by atoms with E-state index in [1.165, 1.54) is 65.5 Å². The average molecular weight is 332 g/mol. The summed E-state index contributed by atoms with van der Waals surface area (Å²) < 4.78 is 41.6. The molecule has 0 aliphatic heterocycles. The van der Waals surface area contributed by atoms with Gasteiger partial charge in [-0.3, -0.25) is 4.72 Å². The molecule has 0 aliphatic rings. The van der Waals surface area contributed by atoms with Crippen molar-refractivity contribution < 1.29 is 12.8 Å². The number of nitrogens with one attached hydrogen (secondary N) is 1. The summed E-state index contributed by atoms with van der Waals surface area (Å²) in [5.74, 6) is -0.140. The Morgan fingerprint density at radius 3 is 2.30 bits per heavy atom. The number of nitrogen functional groups attached to an aromatic ring is 1. The topological polar surface area (TPSA) is 90.0 Å². The molecule has 3 rings (SSSR count). The minimum atomic E-state index is -3.78. The predicted molar refractivity (Wildman–Crippen MR) is 85.2 cm³/mol. The monoisotopic (exact) mass is 332 g/mol. The third kappa shape index (κ3) is 3.16. The van der Waals surface area contributed by atoms with Gasteiger partial charge in [-0.15, -0.1) is 0 Å². The highest BCUT2D eigenvalue weighted by Crippen LogP contribution is 2.20. The SMILES string of the molecule is Nc1ccc(S(=O)(=O)Nc2ccnn2-c2ccc(F)cc2)cc1. The van der Waals surface area contributed by atoms with Crippen molar-refractivity contribution in [1.82, 2.24) is 9.78 Å². The van der Waals surface area contributed by atoms with Crippen LogP contribution in [0.4, 0.5) is 15.9 Å². The van der Waals surface area contributed by atoms with E-state index in [-0.39, 0.29) is 16.5 Å². The van der Waals surface area contributed by atoms with Gasteiger partial charge in [0.25, 0.3) is 10.0 Å². The van der Waals surface area contributed by atoms with Crippen molar-refractivity contribution in [3.05, 3.63) is 66.6 Å². The van der Waals surface area contributed by atoms with E-state index in [0.717, 1.165) is 0 Å². The van der Waals surface area contributed by atoms with Crippen LogP contribution < -0.4 is 10.5 Å². The van der Waals surface area contributed by atoms with E-state index in [4.69, 9.17) is 5.73 Å². The Kier molecular flexibility index (Phi) is 3.75. The largest absolute Gasteiger partial charge is 0.399 e. The molecule has 0 aliphatic carbocycles. The number of hydrogen-bond donors (Lipinski definition) is 2. The van der Waals surface area contributed by atoms with Crippen molar-refractivity contribution in [2.75, 3.05) is 10.5 Å². The van der Waals surface area contributed by atoms with Crippen molar-refractivity contribution in [2.24, 2.45) is 0 Å². The first-order valence-corrected chi connectivity index (χ1v) is 8.12. The fourth-order valence-electron chi connectivity index (χ4n) is 2.01. The zero-order valence-corrected chi connectivity index (χ0v) is 12.7. The van der Waals surface area contributed by atoms with Gasteiger partial charge in [0.1, 0.15) is 11.6 Å². The maximum Gasteiger partial charge on any atom is 0.263 e. The summed E-state index contributed by atoms with van der Waals surface area (Å²) in [6.45, 7) is 0. The molecule has 3 aromatic rings. The first-order chi connectivity index (χ1) is 11.0. The summed E-state index contributed by atoms with van der Waals surface area (Å²) in [6, 6.07) is 12.9. The van der Waals surface area contributed by atoms with Crippen LogP contribution in [0.3, 0.4) is 0 Å². The lowest BCUT2D eigenvalue weighted by Gasteiger charge is -2.11. The molecule has 0 fully saturated rings. The van der Waals surface area contributed by atoms with Crippen molar-refractivity contribution in [3.8, 4) is 5.69 Å². The third-order valence-electron chi connectivity index (χ3n) is 3.14. The highest BCUT2D eigenvalue weighted by Gasteiger charge is 2.17. The molecule has 0 spiro atoms. The standard InChI is InChI=1S/C15H13FN4O2S/c16-11-1-5-13(6-2-11)20-15(9-10-18-20)19-23(21,22)14-7-3-12(17)4-8-14/h1-10,19H,17H2. The third-order valence-corrected chi connectivity index (χ3v) is 4.51. The van der Waals surface area contributed by atoms with Crippen LogP contribution >= 0.6 is 0 Å². The Labute approximate surface area is 132 Å². The molecular weight excluding hydrogens is 319 g/mol. The lowest BCUT2D eigenvalue weighted by atomic mass is 10.3. The number of rotatable bonds is 4. The zero-order chi connectivity index (χ0) is 16.4. The fraction of sp³-hybridized carbons (Fsp3) is 0. The second-order valence-electron chi connectivity index (χ2n) is 4.78. The van der Waals surface area contributed by atoms with Crippen LogP contribution in [0.2, 0.25) is 0 Å². The molecule has 6 nitrogen and oxygen atoms in total. The molecule has 0 saturated heterocycles. The summed E-state index contributed by atoms with van der Waals surface area (Å²) in [4.78, 5) is 0.0820. The Bertz CT molecular complexity index is 919. The van der Waals surface area contributed by atoms with Crippen LogP contribution in [0.15, 0.2) is 65.7 Å². The van der Waals surface area contributed by atoms with Crippen molar-refractivity contribution in [1.29, 1.82) is 0 Å². The number of aromatic nitrogens is 2. The summed E-state index contributed by atoms with van der Waals surface area (Å²) in [7, 11) is -3.78. The van der Waals surface area contributed by atoms with Gasteiger partial charge in [-0.25, -0.2) is 17.5 Å². The first kappa shape index (κ1) is 15.0. The van der Waals surface area contributed by atoms with Gasteiger partial charge in [-0.2, -0.15) is 5.10 Å². The molecule has 0 amide bonds. The normalized spacial score (nSPS) is 11.3. The van der Waals surface area contributed by atoms with Crippen molar-refractivity contribution >= 4 is 21.5 Å². The van der Waals surface area contributed by atoms with E-state index < -0.39 is 10.0 Å². The summed E-state index contributed by atoms with van der Waals surface area (Å²) in [6.07, 6.45) is 1.45. The van der Waals surface area contributed by atoms with Gasteiger partial charge in [0.15, 0.2) is 0 Å². The van der Waals surface area contributed by atoms with E-state index in [1.807, 2.05) is 0 Å². The number of nitrogens with zero attached hydrogens (tertiary/aromatic N) is 2.